The van der Waals surface area contributed by atoms with E-state index in [1.54, 1.807) is 0 Å². The summed E-state index contributed by atoms with van der Waals surface area (Å²) < 4.78 is 0. The van der Waals surface area contributed by atoms with Crippen molar-refractivity contribution in [1.29, 1.82) is 0 Å². The zero-order valence-electron chi connectivity index (χ0n) is 8.09. The molecule has 70 valence electrons. The molecule has 1 aliphatic carbocycles. The molecule has 13 heavy (non-hydrogen) atoms. The maximum absolute atomic E-state index is 4.28. The quantitative estimate of drug-likeness (QED) is 0.762. The second-order valence-corrected chi connectivity index (χ2v) is 3.88. The van der Waals surface area contributed by atoms with E-state index in [1.165, 1.54) is 24.8 Å². The zero-order chi connectivity index (χ0) is 9.10. The van der Waals surface area contributed by atoms with E-state index in [1.807, 2.05) is 12.3 Å². The van der Waals surface area contributed by atoms with Crippen molar-refractivity contribution in [2.45, 2.75) is 26.2 Å². The van der Waals surface area contributed by atoms with Crippen LogP contribution >= 0.6 is 0 Å². The van der Waals surface area contributed by atoms with Crippen LogP contribution in [0.1, 0.15) is 24.8 Å². The van der Waals surface area contributed by atoms with Crippen LogP contribution < -0.4 is 5.32 Å². The number of nitrogens with one attached hydrogen (secondary N) is 1. The Kier molecular flexibility index (Phi) is 2.48. The van der Waals surface area contributed by atoms with E-state index < -0.39 is 0 Å². The lowest BCUT2D eigenvalue weighted by atomic mass is 10.3. The highest BCUT2D eigenvalue weighted by Gasteiger charge is 2.19. The van der Waals surface area contributed by atoms with Gasteiger partial charge in [-0.1, -0.05) is 18.9 Å². The molecule has 1 aliphatic rings. The molecule has 1 heterocycles. The van der Waals surface area contributed by atoms with Gasteiger partial charge >= 0.3 is 0 Å². The van der Waals surface area contributed by atoms with Crippen LogP contribution in [-0.2, 0) is 0 Å². The van der Waals surface area contributed by atoms with Crippen molar-refractivity contribution in [1.82, 2.24) is 4.98 Å². The number of hydrogen-bond acceptors (Lipinski definition) is 2. The summed E-state index contributed by atoms with van der Waals surface area (Å²) >= 11 is 0. The molecule has 0 amide bonds. The summed E-state index contributed by atoms with van der Waals surface area (Å²) in [5.41, 5.74) is 1.22. The number of pyridine rings is 1. The second-order valence-electron chi connectivity index (χ2n) is 3.88. The van der Waals surface area contributed by atoms with Gasteiger partial charge in [0.15, 0.2) is 0 Å². The molecule has 2 nitrogen and oxygen atoms in total. The normalized spacial score (nSPS) is 15.8. The van der Waals surface area contributed by atoms with Crippen LogP contribution in [0.25, 0.3) is 0 Å². The topological polar surface area (TPSA) is 24.9 Å². The molecule has 0 spiro atoms. The van der Waals surface area contributed by atoms with Gasteiger partial charge in [-0.15, -0.1) is 0 Å². The number of hydrogen-bond donors (Lipinski definition) is 1. The summed E-state index contributed by atoms with van der Waals surface area (Å²) in [6.45, 7) is 3.13. The van der Waals surface area contributed by atoms with Gasteiger partial charge in [0.25, 0.3) is 0 Å². The number of anilines is 1. The van der Waals surface area contributed by atoms with Crippen molar-refractivity contribution >= 4 is 5.82 Å². The molecule has 0 aromatic carbocycles. The first kappa shape index (κ1) is 8.54. The van der Waals surface area contributed by atoms with Crippen LogP contribution in [0, 0.1) is 12.8 Å². The van der Waals surface area contributed by atoms with E-state index in [0.717, 1.165) is 18.3 Å². The number of aromatic nitrogens is 1. The Hall–Kier alpha value is -1.05. The Bertz CT molecular complexity index is 262. The van der Waals surface area contributed by atoms with Gasteiger partial charge in [-0.3, -0.25) is 0 Å². The van der Waals surface area contributed by atoms with Crippen molar-refractivity contribution in [3.05, 3.63) is 23.9 Å². The average Bonchev–Trinajstić information content (AvgIpc) is 2.92. The average molecular weight is 176 g/mol. The lowest BCUT2D eigenvalue weighted by molar-refractivity contribution is 0.758. The SMILES string of the molecule is Cc1ccc(NCCC2CC2)nc1. The first-order chi connectivity index (χ1) is 6.34. The highest BCUT2D eigenvalue weighted by Crippen LogP contribution is 2.31. The Balaban J connectivity index is 1.76. The van der Waals surface area contributed by atoms with Gasteiger partial charge in [-0.2, -0.15) is 0 Å². The molecule has 0 radical (unpaired) electrons. The smallest absolute Gasteiger partial charge is 0.125 e. The molecule has 1 aromatic heterocycles. The van der Waals surface area contributed by atoms with Crippen LogP contribution in [0.2, 0.25) is 0 Å². The zero-order valence-corrected chi connectivity index (χ0v) is 8.09. The highest BCUT2D eigenvalue weighted by atomic mass is 15.0. The maximum Gasteiger partial charge on any atom is 0.125 e. The van der Waals surface area contributed by atoms with Crippen molar-refractivity contribution in [3.63, 3.8) is 0 Å². The van der Waals surface area contributed by atoms with Crippen LogP contribution in [-0.4, -0.2) is 11.5 Å². The summed E-state index contributed by atoms with van der Waals surface area (Å²) in [4.78, 5) is 4.28. The van der Waals surface area contributed by atoms with E-state index >= 15 is 0 Å². The number of nitrogens with zero attached hydrogens (tertiary/aromatic N) is 1. The molecule has 1 fully saturated rings. The van der Waals surface area contributed by atoms with E-state index in [0.29, 0.717) is 0 Å². The molecule has 0 atom stereocenters. The fourth-order valence-electron chi connectivity index (χ4n) is 1.38. The Morgan fingerprint density at radius 2 is 2.31 bits per heavy atom. The van der Waals surface area contributed by atoms with Crippen LogP contribution in [0.4, 0.5) is 5.82 Å². The van der Waals surface area contributed by atoms with Crippen LogP contribution in [0.3, 0.4) is 0 Å². The molecule has 1 aromatic rings. The molecular formula is C11H16N2. The minimum Gasteiger partial charge on any atom is -0.370 e. The van der Waals surface area contributed by atoms with Gasteiger partial charge in [0, 0.05) is 12.7 Å². The third-order valence-corrected chi connectivity index (χ3v) is 2.47. The maximum atomic E-state index is 4.28. The van der Waals surface area contributed by atoms with Crippen molar-refractivity contribution in [2.75, 3.05) is 11.9 Å². The Morgan fingerprint density at radius 3 is 2.92 bits per heavy atom. The van der Waals surface area contributed by atoms with Crippen molar-refractivity contribution in [2.24, 2.45) is 5.92 Å². The molecule has 0 bridgehead atoms. The lowest BCUT2D eigenvalue weighted by Gasteiger charge is -2.04. The molecule has 1 N–H and O–H groups in total. The van der Waals surface area contributed by atoms with Crippen LogP contribution in [0.5, 0.6) is 0 Å². The predicted molar refractivity (Wildman–Crippen MR) is 54.8 cm³/mol. The second kappa shape index (κ2) is 3.77. The van der Waals surface area contributed by atoms with Gasteiger partial charge in [0.1, 0.15) is 5.82 Å². The molecule has 0 aliphatic heterocycles. The fraction of sp³-hybridized carbons (Fsp3) is 0.545. The van der Waals surface area contributed by atoms with E-state index in [9.17, 15) is 0 Å². The predicted octanol–water partition coefficient (Wildman–Crippen LogP) is 2.60. The first-order valence-electron chi connectivity index (χ1n) is 5.01. The minimum absolute atomic E-state index is 0.998. The van der Waals surface area contributed by atoms with E-state index in [2.05, 4.69) is 23.3 Å². The molecule has 1 saturated carbocycles. The summed E-state index contributed by atoms with van der Waals surface area (Å²) in [5.74, 6) is 2.00. The standard InChI is InChI=1S/C11H16N2/c1-9-2-5-11(13-8-9)12-7-6-10-3-4-10/h2,5,8,10H,3-4,6-7H2,1H3,(H,12,13). The third-order valence-electron chi connectivity index (χ3n) is 2.47. The fourth-order valence-corrected chi connectivity index (χ4v) is 1.38. The number of rotatable bonds is 4. The third kappa shape index (κ3) is 2.72. The van der Waals surface area contributed by atoms with Gasteiger partial charge in [-0.05, 0) is 30.9 Å². The molecule has 2 heteroatoms. The highest BCUT2D eigenvalue weighted by molar-refractivity contribution is 5.34. The first-order valence-corrected chi connectivity index (χ1v) is 5.01. The summed E-state index contributed by atoms with van der Waals surface area (Å²) in [6, 6.07) is 4.13. The van der Waals surface area contributed by atoms with Gasteiger partial charge in [0.05, 0.1) is 0 Å². The van der Waals surface area contributed by atoms with Crippen molar-refractivity contribution in [3.8, 4) is 0 Å². The molecule has 2 rings (SSSR count). The van der Waals surface area contributed by atoms with Gasteiger partial charge in [0.2, 0.25) is 0 Å². The largest absolute Gasteiger partial charge is 0.370 e. The summed E-state index contributed by atoms with van der Waals surface area (Å²) in [5, 5.41) is 3.33. The monoisotopic (exact) mass is 176 g/mol. The minimum atomic E-state index is 0.998. The van der Waals surface area contributed by atoms with E-state index in [4.69, 9.17) is 0 Å². The van der Waals surface area contributed by atoms with Crippen molar-refractivity contribution < 1.29 is 0 Å². The Labute approximate surface area is 79.4 Å². The van der Waals surface area contributed by atoms with Gasteiger partial charge in [-0.25, -0.2) is 4.98 Å². The van der Waals surface area contributed by atoms with Gasteiger partial charge < -0.3 is 5.32 Å². The Morgan fingerprint density at radius 1 is 1.46 bits per heavy atom. The molecule has 0 unspecified atom stereocenters. The summed E-state index contributed by atoms with van der Waals surface area (Å²) in [7, 11) is 0. The lowest BCUT2D eigenvalue weighted by Crippen LogP contribution is -2.03. The van der Waals surface area contributed by atoms with E-state index in [-0.39, 0.29) is 0 Å². The molecular weight excluding hydrogens is 160 g/mol. The summed E-state index contributed by atoms with van der Waals surface area (Å²) in [6.07, 6.45) is 6.07. The number of aryl methyl sites for hydroxylation is 1. The van der Waals surface area contributed by atoms with Crippen LogP contribution in [0.15, 0.2) is 18.3 Å². The molecule has 0 saturated heterocycles.